The molecule has 0 saturated heterocycles. The van der Waals surface area contributed by atoms with Crippen LogP contribution in [0.2, 0.25) is 0 Å². The van der Waals surface area contributed by atoms with Crippen LogP contribution in [-0.2, 0) is 0 Å². The van der Waals surface area contributed by atoms with E-state index in [0.717, 1.165) is 6.34 Å². The number of hydrogen-bond acceptors (Lipinski definition) is 4. The number of nitrogen functional groups attached to an aromatic ring is 1. The van der Waals surface area contributed by atoms with Crippen molar-refractivity contribution in [3.8, 4) is 5.75 Å². The van der Waals surface area contributed by atoms with Gasteiger partial charge in [-0.3, -0.25) is 5.41 Å². The molecular weight excluding hydrogens is 182 g/mol. The van der Waals surface area contributed by atoms with Gasteiger partial charge in [-0.05, 0) is 6.07 Å². The smallest absolute Gasteiger partial charge is 0.171 e. The second-order valence-electron chi connectivity index (χ2n) is 2.42. The van der Waals surface area contributed by atoms with E-state index in [9.17, 15) is 0 Å². The van der Waals surface area contributed by atoms with Crippen LogP contribution in [-0.4, -0.2) is 24.3 Å². The molecule has 0 aliphatic heterocycles. The van der Waals surface area contributed by atoms with E-state index < -0.39 is 0 Å². The maximum Gasteiger partial charge on any atom is 0.171 e. The number of anilines is 1. The Morgan fingerprint density at radius 1 is 1.71 bits per heavy atom. The Hall–Kier alpha value is -2.11. The summed E-state index contributed by atoms with van der Waals surface area (Å²) in [6.07, 6.45) is 2.35. The van der Waals surface area contributed by atoms with Gasteiger partial charge in [0.1, 0.15) is 12.2 Å². The van der Waals surface area contributed by atoms with Crippen molar-refractivity contribution in [2.45, 2.75) is 0 Å². The zero-order chi connectivity index (χ0) is 10.6. The van der Waals surface area contributed by atoms with Crippen LogP contribution in [0.3, 0.4) is 0 Å². The lowest BCUT2D eigenvalue weighted by molar-refractivity contribution is 0.414. The van der Waals surface area contributed by atoms with Crippen molar-refractivity contribution in [3.05, 3.63) is 17.8 Å². The average Bonchev–Trinajstić information content (AvgIpc) is 2.17. The molecule has 6 heteroatoms. The number of nitrogens with one attached hydrogen (secondary N) is 1. The van der Waals surface area contributed by atoms with Crippen molar-refractivity contribution >= 4 is 18.0 Å². The molecule has 0 aliphatic carbocycles. The van der Waals surface area contributed by atoms with Gasteiger partial charge in [-0.15, -0.1) is 0 Å². The van der Waals surface area contributed by atoms with Crippen LogP contribution < -0.4 is 16.2 Å². The van der Waals surface area contributed by atoms with Crippen LogP contribution in [0.4, 0.5) is 5.82 Å². The van der Waals surface area contributed by atoms with Gasteiger partial charge in [-0.1, -0.05) is 0 Å². The molecule has 0 spiro atoms. The molecule has 0 fully saturated rings. The van der Waals surface area contributed by atoms with Gasteiger partial charge in [-0.25, -0.2) is 9.98 Å². The van der Waals surface area contributed by atoms with Gasteiger partial charge < -0.3 is 16.2 Å². The quantitative estimate of drug-likeness (QED) is 0.463. The number of amidine groups is 1. The van der Waals surface area contributed by atoms with E-state index in [4.69, 9.17) is 21.6 Å². The number of pyridine rings is 1. The van der Waals surface area contributed by atoms with Crippen LogP contribution in [0.15, 0.2) is 17.3 Å². The summed E-state index contributed by atoms with van der Waals surface area (Å²) in [5.41, 5.74) is 11.7. The Labute approximate surface area is 81.1 Å². The zero-order valence-electron chi connectivity index (χ0n) is 7.69. The van der Waals surface area contributed by atoms with Crippen LogP contribution in [0.1, 0.15) is 5.56 Å². The van der Waals surface area contributed by atoms with Gasteiger partial charge >= 0.3 is 0 Å². The Bertz CT molecular complexity index is 374. The fraction of sp³-hybridized carbons (Fsp3) is 0.125. The molecule has 0 saturated carbocycles. The second kappa shape index (κ2) is 4.22. The van der Waals surface area contributed by atoms with Crippen molar-refractivity contribution in [3.63, 3.8) is 0 Å². The molecule has 0 aliphatic rings. The minimum atomic E-state index is 0.172. The van der Waals surface area contributed by atoms with Crippen molar-refractivity contribution in [1.29, 1.82) is 5.41 Å². The topological polar surface area (TPSA) is 110 Å². The van der Waals surface area contributed by atoms with Gasteiger partial charge in [0.2, 0.25) is 0 Å². The molecule has 5 N–H and O–H groups in total. The van der Waals surface area contributed by atoms with E-state index in [1.165, 1.54) is 13.3 Å². The van der Waals surface area contributed by atoms with Gasteiger partial charge in [0.05, 0.1) is 12.7 Å². The first-order valence-electron chi connectivity index (χ1n) is 3.81. The Kier molecular flexibility index (Phi) is 3.01. The van der Waals surface area contributed by atoms with Gasteiger partial charge in [0, 0.05) is 6.20 Å². The van der Waals surface area contributed by atoms with E-state index in [1.54, 1.807) is 6.07 Å². The van der Waals surface area contributed by atoms with Crippen LogP contribution in [0, 0.1) is 5.41 Å². The van der Waals surface area contributed by atoms with E-state index in [2.05, 4.69) is 9.98 Å². The molecule has 0 radical (unpaired) electrons. The number of aliphatic imine (C=N–C) groups is 1. The predicted octanol–water partition coefficient (Wildman–Crippen LogP) is -0.0152. The largest absolute Gasteiger partial charge is 0.492 e. The van der Waals surface area contributed by atoms with Gasteiger partial charge in [0.15, 0.2) is 11.6 Å². The number of rotatable bonds is 3. The highest BCUT2D eigenvalue weighted by Crippen LogP contribution is 2.22. The number of hydrogen-bond donors (Lipinski definition) is 3. The summed E-state index contributed by atoms with van der Waals surface area (Å²) in [4.78, 5) is 7.46. The molecule has 1 heterocycles. The Morgan fingerprint density at radius 3 is 3.00 bits per heavy atom. The normalized spacial score (nSPS) is 11.1. The van der Waals surface area contributed by atoms with Gasteiger partial charge in [0.25, 0.3) is 0 Å². The molecule has 6 nitrogen and oxygen atoms in total. The van der Waals surface area contributed by atoms with Crippen molar-refractivity contribution in [2.75, 3.05) is 12.8 Å². The predicted molar refractivity (Wildman–Crippen MR) is 54.7 cm³/mol. The number of nitrogens with two attached hydrogens (primary N) is 2. The highest BCUT2D eigenvalue weighted by Gasteiger charge is 2.10. The van der Waals surface area contributed by atoms with E-state index >= 15 is 0 Å². The number of methoxy groups -OCH3 is 1. The van der Waals surface area contributed by atoms with Crippen LogP contribution in [0.5, 0.6) is 5.75 Å². The third-order valence-corrected chi connectivity index (χ3v) is 1.62. The average molecular weight is 193 g/mol. The SMILES string of the molecule is COc1c(C(N)=NC=N)ccnc1N. The van der Waals surface area contributed by atoms with Crippen LogP contribution in [0.25, 0.3) is 0 Å². The first kappa shape index (κ1) is 9.97. The molecule has 1 aromatic rings. The summed E-state index contributed by atoms with van der Waals surface area (Å²) in [7, 11) is 1.47. The van der Waals surface area contributed by atoms with E-state index in [0.29, 0.717) is 11.3 Å². The lowest BCUT2D eigenvalue weighted by Crippen LogP contribution is -2.15. The molecule has 14 heavy (non-hydrogen) atoms. The molecule has 1 rings (SSSR count). The number of ether oxygens (including phenoxy) is 1. The summed E-state index contributed by atoms with van der Waals surface area (Å²) in [5.74, 6) is 0.787. The number of aromatic nitrogens is 1. The monoisotopic (exact) mass is 193 g/mol. The molecule has 0 atom stereocenters. The molecule has 1 aromatic heterocycles. The minimum absolute atomic E-state index is 0.172. The minimum Gasteiger partial charge on any atom is -0.492 e. The fourth-order valence-electron chi connectivity index (χ4n) is 1.02. The molecule has 0 unspecified atom stereocenters. The summed E-state index contributed by atoms with van der Waals surface area (Å²) in [6, 6.07) is 1.62. The standard InChI is InChI=1S/C8H11N5O/c1-14-6-5(7(10)13-4-9)2-3-12-8(6)11/h2-4H,1H3,(H2,11,12)(H3,9,10,13). The maximum absolute atomic E-state index is 6.78. The lowest BCUT2D eigenvalue weighted by atomic mass is 10.2. The Balaban J connectivity index is 3.26. The lowest BCUT2D eigenvalue weighted by Gasteiger charge is -2.08. The third kappa shape index (κ3) is 1.79. The number of nitrogens with zero attached hydrogens (tertiary/aromatic N) is 2. The summed E-state index contributed by atoms with van der Waals surface area (Å²) >= 11 is 0. The summed E-state index contributed by atoms with van der Waals surface area (Å²) in [5, 5.41) is 6.78. The van der Waals surface area contributed by atoms with Crippen molar-refractivity contribution in [1.82, 2.24) is 4.98 Å². The van der Waals surface area contributed by atoms with E-state index in [1.807, 2.05) is 0 Å². The van der Waals surface area contributed by atoms with Gasteiger partial charge in [-0.2, -0.15) is 0 Å². The van der Waals surface area contributed by atoms with Crippen molar-refractivity contribution < 1.29 is 4.74 Å². The second-order valence-corrected chi connectivity index (χ2v) is 2.42. The Morgan fingerprint density at radius 2 is 2.43 bits per heavy atom. The molecule has 0 aromatic carbocycles. The van der Waals surface area contributed by atoms with Crippen molar-refractivity contribution in [2.24, 2.45) is 10.7 Å². The highest BCUT2D eigenvalue weighted by atomic mass is 16.5. The maximum atomic E-state index is 6.78. The molecule has 74 valence electrons. The summed E-state index contributed by atoms with van der Waals surface area (Å²) in [6.45, 7) is 0. The first-order chi connectivity index (χ1) is 6.70. The van der Waals surface area contributed by atoms with Crippen LogP contribution >= 0.6 is 0 Å². The molecular formula is C8H11N5O. The third-order valence-electron chi connectivity index (χ3n) is 1.62. The highest BCUT2D eigenvalue weighted by molar-refractivity contribution is 6.03. The first-order valence-corrected chi connectivity index (χ1v) is 3.81. The molecule has 0 bridgehead atoms. The van der Waals surface area contributed by atoms with E-state index in [-0.39, 0.29) is 11.7 Å². The zero-order valence-corrected chi connectivity index (χ0v) is 7.69. The fourth-order valence-corrected chi connectivity index (χ4v) is 1.02. The summed E-state index contributed by atoms with van der Waals surface area (Å²) < 4.78 is 5.02. The molecule has 0 amide bonds.